The Labute approximate surface area is 122 Å². The maximum atomic E-state index is 13.5. The number of halogens is 3. The second-order valence-electron chi connectivity index (χ2n) is 4.77. The molecule has 0 fully saturated rings. The van der Waals surface area contributed by atoms with Crippen molar-refractivity contribution in [3.63, 3.8) is 0 Å². The van der Waals surface area contributed by atoms with Crippen molar-refractivity contribution in [3.05, 3.63) is 69.7 Å². The predicted molar refractivity (Wildman–Crippen MR) is 78.1 cm³/mol. The highest BCUT2D eigenvalue weighted by Crippen LogP contribution is 2.26. The summed E-state index contributed by atoms with van der Waals surface area (Å²) >= 11 is 5.98. The molecule has 1 N–H and O–H groups in total. The van der Waals surface area contributed by atoms with E-state index >= 15 is 0 Å². The minimum atomic E-state index is -0.422. The molecule has 2 aromatic rings. The van der Waals surface area contributed by atoms with Gasteiger partial charge in [0.1, 0.15) is 11.6 Å². The Hall–Kier alpha value is -1.45. The van der Waals surface area contributed by atoms with Crippen molar-refractivity contribution < 1.29 is 8.78 Å². The molecule has 0 bridgehead atoms. The highest BCUT2D eigenvalue weighted by atomic mass is 35.5. The molecule has 2 rings (SSSR count). The van der Waals surface area contributed by atoms with Crippen molar-refractivity contribution in [2.45, 2.75) is 19.4 Å². The molecule has 4 heteroatoms. The van der Waals surface area contributed by atoms with E-state index in [0.29, 0.717) is 12.0 Å². The van der Waals surface area contributed by atoms with Gasteiger partial charge in [-0.2, -0.15) is 0 Å². The standard InChI is InChI=1S/C16H16ClF2N/c1-10-8-11(6-7-13(10)18)15(20-2)9-12-4-3-5-14(19)16(12)17/h3-8,15,20H,9H2,1-2H3. The van der Waals surface area contributed by atoms with Gasteiger partial charge in [-0.3, -0.25) is 0 Å². The molecule has 0 aliphatic carbocycles. The van der Waals surface area contributed by atoms with Gasteiger partial charge in [-0.15, -0.1) is 0 Å². The quantitative estimate of drug-likeness (QED) is 0.880. The SMILES string of the molecule is CNC(Cc1cccc(F)c1Cl)c1ccc(F)c(C)c1. The lowest BCUT2D eigenvalue weighted by Crippen LogP contribution is -2.19. The maximum Gasteiger partial charge on any atom is 0.142 e. The molecular weight excluding hydrogens is 280 g/mol. The van der Waals surface area contributed by atoms with Crippen molar-refractivity contribution in [1.82, 2.24) is 5.32 Å². The van der Waals surface area contributed by atoms with Gasteiger partial charge in [-0.1, -0.05) is 35.9 Å². The minimum Gasteiger partial charge on any atom is -0.313 e. The Morgan fingerprint density at radius 2 is 1.90 bits per heavy atom. The minimum absolute atomic E-state index is 0.0476. The number of likely N-dealkylation sites (N-methyl/N-ethyl adjacent to an activating group) is 1. The second-order valence-corrected chi connectivity index (χ2v) is 5.14. The molecule has 0 saturated heterocycles. The maximum absolute atomic E-state index is 13.5. The molecule has 1 unspecified atom stereocenters. The van der Waals surface area contributed by atoms with Crippen LogP contribution in [-0.4, -0.2) is 7.05 Å². The van der Waals surface area contributed by atoms with E-state index in [2.05, 4.69) is 5.32 Å². The van der Waals surface area contributed by atoms with Gasteiger partial charge in [0.2, 0.25) is 0 Å². The molecule has 2 aromatic carbocycles. The Morgan fingerprint density at radius 3 is 2.55 bits per heavy atom. The van der Waals surface area contributed by atoms with Crippen LogP contribution in [0.4, 0.5) is 8.78 Å². The first-order chi connectivity index (χ1) is 9.52. The number of benzene rings is 2. The smallest absolute Gasteiger partial charge is 0.142 e. The van der Waals surface area contributed by atoms with Crippen LogP contribution < -0.4 is 5.32 Å². The van der Waals surface area contributed by atoms with Crippen molar-refractivity contribution in [2.24, 2.45) is 0 Å². The molecule has 1 nitrogen and oxygen atoms in total. The highest BCUT2D eigenvalue weighted by molar-refractivity contribution is 6.31. The lowest BCUT2D eigenvalue weighted by atomic mass is 9.97. The lowest BCUT2D eigenvalue weighted by Gasteiger charge is -2.18. The van der Waals surface area contributed by atoms with E-state index in [1.165, 1.54) is 12.1 Å². The average Bonchev–Trinajstić information content (AvgIpc) is 2.44. The molecule has 106 valence electrons. The van der Waals surface area contributed by atoms with Crippen LogP contribution in [0.1, 0.15) is 22.7 Å². The van der Waals surface area contributed by atoms with Gasteiger partial charge in [-0.05, 0) is 49.2 Å². The molecule has 20 heavy (non-hydrogen) atoms. The summed E-state index contributed by atoms with van der Waals surface area (Å²) in [6.07, 6.45) is 0.540. The monoisotopic (exact) mass is 295 g/mol. The van der Waals surface area contributed by atoms with E-state index in [0.717, 1.165) is 11.1 Å². The van der Waals surface area contributed by atoms with Gasteiger partial charge < -0.3 is 5.32 Å². The molecular formula is C16H16ClF2N. The van der Waals surface area contributed by atoms with Crippen LogP contribution in [0.5, 0.6) is 0 Å². The second kappa shape index (κ2) is 6.33. The van der Waals surface area contributed by atoms with Crippen molar-refractivity contribution in [2.75, 3.05) is 7.05 Å². The third-order valence-electron chi connectivity index (χ3n) is 3.39. The molecule has 0 radical (unpaired) electrons. The van der Waals surface area contributed by atoms with Crippen LogP contribution in [0.2, 0.25) is 5.02 Å². The predicted octanol–water partition coefficient (Wildman–Crippen LogP) is 4.43. The summed E-state index contributed by atoms with van der Waals surface area (Å²) in [7, 11) is 1.82. The summed E-state index contributed by atoms with van der Waals surface area (Å²) in [4.78, 5) is 0. The number of hydrogen-bond acceptors (Lipinski definition) is 1. The van der Waals surface area contributed by atoms with Crippen molar-refractivity contribution in [3.8, 4) is 0 Å². The van der Waals surface area contributed by atoms with E-state index in [4.69, 9.17) is 11.6 Å². The van der Waals surface area contributed by atoms with Crippen LogP contribution in [0.15, 0.2) is 36.4 Å². The normalized spacial score (nSPS) is 12.4. The van der Waals surface area contributed by atoms with Gasteiger partial charge in [0.15, 0.2) is 0 Å². The van der Waals surface area contributed by atoms with E-state index in [1.807, 2.05) is 7.05 Å². The van der Waals surface area contributed by atoms with Gasteiger partial charge in [-0.25, -0.2) is 8.78 Å². The van der Waals surface area contributed by atoms with Crippen LogP contribution in [0.3, 0.4) is 0 Å². The first kappa shape index (κ1) is 14.9. The van der Waals surface area contributed by atoms with Gasteiger partial charge in [0.05, 0.1) is 5.02 Å². The van der Waals surface area contributed by atoms with E-state index in [1.54, 1.807) is 31.2 Å². The van der Waals surface area contributed by atoms with E-state index in [9.17, 15) is 8.78 Å². The molecule has 0 amide bonds. The lowest BCUT2D eigenvalue weighted by molar-refractivity contribution is 0.578. The summed E-state index contributed by atoms with van der Waals surface area (Å²) in [5.41, 5.74) is 2.27. The van der Waals surface area contributed by atoms with Gasteiger partial charge in [0.25, 0.3) is 0 Å². The fraction of sp³-hybridized carbons (Fsp3) is 0.250. The van der Waals surface area contributed by atoms with Crippen molar-refractivity contribution >= 4 is 11.6 Å². The molecule has 0 spiro atoms. The molecule has 1 atom stereocenters. The Balaban J connectivity index is 2.28. The summed E-state index contributed by atoms with van der Waals surface area (Å²) in [5.74, 6) is -0.651. The highest BCUT2D eigenvalue weighted by Gasteiger charge is 2.14. The topological polar surface area (TPSA) is 12.0 Å². The first-order valence-corrected chi connectivity index (χ1v) is 6.77. The summed E-state index contributed by atoms with van der Waals surface area (Å²) in [6, 6.07) is 9.70. The molecule has 0 saturated carbocycles. The Kier molecular flexibility index (Phi) is 4.73. The summed E-state index contributed by atoms with van der Waals surface area (Å²) < 4.78 is 26.8. The van der Waals surface area contributed by atoms with E-state index in [-0.39, 0.29) is 16.9 Å². The van der Waals surface area contributed by atoms with Crippen LogP contribution >= 0.6 is 11.6 Å². The zero-order valence-electron chi connectivity index (χ0n) is 11.4. The van der Waals surface area contributed by atoms with Crippen LogP contribution in [0.25, 0.3) is 0 Å². The zero-order chi connectivity index (χ0) is 14.7. The van der Waals surface area contributed by atoms with Gasteiger partial charge >= 0.3 is 0 Å². The number of aryl methyl sites for hydroxylation is 1. The van der Waals surface area contributed by atoms with Crippen LogP contribution in [-0.2, 0) is 6.42 Å². The number of hydrogen-bond donors (Lipinski definition) is 1. The first-order valence-electron chi connectivity index (χ1n) is 6.39. The molecule has 0 aliphatic rings. The van der Waals surface area contributed by atoms with E-state index < -0.39 is 5.82 Å². The zero-order valence-corrected chi connectivity index (χ0v) is 12.1. The number of rotatable bonds is 4. The number of nitrogens with one attached hydrogen (secondary N) is 1. The Bertz CT molecular complexity index is 613. The third kappa shape index (κ3) is 3.17. The summed E-state index contributed by atoms with van der Waals surface area (Å²) in [6.45, 7) is 1.72. The molecule has 0 aliphatic heterocycles. The molecule has 0 aromatic heterocycles. The largest absolute Gasteiger partial charge is 0.313 e. The van der Waals surface area contributed by atoms with Gasteiger partial charge in [0, 0.05) is 6.04 Å². The van der Waals surface area contributed by atoms with Crippen molar-refractivity contribution in [1.29, 1.82) is 0 Å². The average molecular weight is 296 g/mol. The Morgan fingerprint density at radius 1 is 1.15 bits per heavy atom. The third-order valence-corrected chi connectivity index (χ3v) is 3.81. The molecule has 0 heterocycles. The fourth-order valence-electron chi connectivity index (χ4n) is 2.20. The summed E-state index contributed by atoms with van der Waals surface area (Å²) in [5, 5.41) is 3.30. The van der Waals surface area contributed by atoms with Crippen LogP contribution in [0, 0.1) is 18.6 Å². The fourth-order valence-corrected chi connectivity index (χ4v) is 2.40.